The zero-order chi connectivity index (χ0) is 40.0. The Kier molecular flexibility index (Phi) is 34.3. The van der Waals surface area contributed by atoms with Gasteiger partial charge in [0.15, 0.2) is 12.2 Å². The number of rotatable bonds is 35. The number of hydrogen-bond donors (Lipinski definition) is 0. The summed E-state index contributed by atoms with van der Waals surface area (Å²) >= 11 is 1.10. The summed E-state index contributed by atoms with van der Waals surface area (Å²) in [5, 5.41) is -0.401. The molecular formula is C46H79NO7S. The number of allylic oxidation sites excluding steroid dienone is 8. The van der Waals surface area contributed by atoms with E-state index in [4.69, 9.17) is 18.9 Å². The van der Waals surface area contributed by atoms with E-state index in [9.17, 15) is 14.4 Å². The highest BCUT2D eigenvalue weighted by atomic mass is 32.2. The number of thioether (sulfide) groups is 1. The van der Waals surface area contributed by atoms with Crippen molar-refractivity contribution in [1.82, 2.24) is 4.90 Å². The predicted molar refractivity (Wildman–Crippen MR) is 231 cm³/mol. The Hall–Kier alpha value is -2.36. The van der Waals surface area contributed by atoms with Crippen LogP contribution in [-0.4, -0.2) is 80.1 Å². The molecule has 0 unspecified atom stereocenters. The quantitative estimate of drug-likeness (QED) is 0.0269. The minimum atomic E-state index is -0.807. The summed E-state index contributed by atoms with van der Waals surface area (Å²) in [5.41, 5.74) is 0. The molecule has 0 N–H and O–H groups in total. The van der Waals surface area contributed by atoms with Gasteiger partial charge in [-0.15, -0.1) is 0 Å². The molecule has 0 spiro atoms. The van der Waals surface area contributed by atoms with Crippen LogP contribution < -0.4 is 0 Å². The molecule has 8 nitrogen and oxygen atoms in total. The van der Waals surface area contributed by atoms with Gasteiger partial charge in [0.2, 0.25) is 0 Å². The lowest BCUT2D eigenvalue weighted by Gasteiger charge is -2.23. The van der Waals surface area contributed by atoms with Gasteiger partial charge >= 0.3 is 17.2 Å². The van der Waals surface area contributed by atoms with Crippen LogP contribution in [0.15, 0.2) is 48.6 Å². The van der Waals surface area contributed by atoms with Gasteiger partial charge in [-0.1, -0.05) is 127 Å². The smallest absolute Gasteiger partial charge is 0.367 e. The Labute approximate surface area is 340 Å². The molecule has 1 saturated heterocycles. The molecule has 316 valence electrons. The monoisotopic (exact) mass is 790 g/mol. The lowest BCUT2D eigenvalue weighted by Crippen LogP contribution is -2.40. The first-order valence-corrected chi connectivity index (χ1v) is 22.9. The molecule has 0 aromatic rings. The molecule has 0 aromatic heterocycles. The highest BCUT2D eigenvalue weighted by Gasteiger charge is 2.43. The second-order valence-corrected chi connectivity index (χ2v) is 16.1. The van der Waals surface area contributed by atoms with Gasteiger partial charge in [-0.3, -0.25) is 9.59 Å². The molecule has 1 heterocycles. The predicted octanol–water partition coefficient (Wildman–Crippen LogP) is 12.3. The van der Waals surface area contributed by atoms with Crippen LogP contribution in [0, 0.1) is 0 Å². The van der Waals surface area contributed by atoms with Crippen molar-refractivity contribution in [2.75, 3.05) is 39.6 Å². The van der Waals surface area contributed by atoms with E-state index in [0.717, 1.165) is 108 Å². The van der Waals surface area contributed by atoms with Crippen LogP contribution in [0.5, 0.6) is 0 Å². The van der Waals surface area contributed by atoms with Gasteiger partial charge in [0.25, 0.3) is 0 Å². The summed E-state index contributed by atoms with van der Waals surface area (Å²) < 4.78 is 23.0. The van der Waals surface area contributed by atoms with Gasteiger partial charge in [-0.25, -0.2) is 4.79 Å². The Morgan fingerprint density at radius 2 is 1.07 bits per heavy atom. The zero-order valence-electron chi connectivity index (χ0n) is 35.4. The molecule has 0 aliphatic carbocycles. The third kappa shape index (κ3) is 31.4. The minimum absolute atomic E-state index is 0.0611. The number of carbonyl (C=O) groups excluding carboxylic acids is 3. The van der Waals surface area contributed by atoms with Crippen LogP contribution in [0.1, 0.15) is 168 Å². The molecule has 55 heavy (non-hydrogen) atoms. The maximum absolute atomic E-state index is 12.9. The average Bonchev–Trinajstić information content (AvgIpc) is 3.53. The van der Waals surface area contributed by atoms with Crippen LogP contribution in [0.25, 0.3) is 0 Å². The molecule has 0 amide bonds. The lowest BCUT2D eigenvalue weighted by atomic mass is 10.1. The van der Waals surface area contributed by atoms with Crippen molar-refractivity contribution < 1.29 is 33.3 Å². The number of unbranched alkanes of at least 4 members (excludes halogenated alkanes) is 16. The maximum Gasteiger partial charge on any atom is 0.367 e. The minimum Gasteiger partial charge on any atom is -0.456 e. The second-order valence-electron chi connectivity index (χ2n) is 15.0. The first-order valence-electron chi connectivity index (χ1n) is 21.9. The van der Waals surface area contributed by atoms with Crippen LogP contribution >= 0.6 is 11.8 Å². The fourth-order valence-electron chi connectivity index (χ4n) is 6.15. The molecule has 1 aliphatic rings. The fraction of sp³-hybridized carbons (Fsp3) is 0.761. The van der Waals surface area contributed by atoms with Gasteiger partial charge in [0.05, 0.1) is 6.61 Å². The summed E-state index contributed by atoms with van der Waals surface area (Å²) in [5.74, 6) is -0.0452. The number of esters is 2. The summed E-state index contributed by atoms with van der Waals surface area (Å²) in [6.07, 6.45) is 41.0. The second kappa shape index (κ2) is 37.2. The van der Waals surface area contributed by atoms with Crippen molar-refractivity contribution in [3.63, 3.8) is 0 Å². The average molecular weight is 790 g/mol. The number of hydrogen-bond acceptors (Lipinski definition) is 9. The van der Waals surface area contributed by atoms with E-state index in [-0.39, 0.29) is 25.2 Å². The van der Waals surface area contributed by atoms with Crippen LogP contribution in [0.3, 0.4) is 0 Å². The topological polar surface area (TPSA) is 91.4 Å². The van der Waals surface area contributed by atoms with E-state index >= 15 is 0 Å². The third-order valence-electron chi connectivity index (χ3n) is 9.54. The van der Waals surface area contributed by atoms with Crippen LogP contribution in [0.2, 0.25) is 0 Å². The first-order chi connectivity index (χ1) is 26.9. The molecule has 0 saturated carbocycles. The first kappa shape index (κ1) is 50.7. The molecule has 0 aromatic carbocycles. The van der Waals surface area contributed by atoms with Gasteiger partial charge in [-0.05, 0) is 103 Å². The molecule has 0 radical (unpaired) electrons. The zero-order valence-corrected chi connectivity index (χ0v) is 36.2. The van der Waals surface area contributed by atoms with E-state index < -0.39 is 23.6 Å². The van der Waals surface area contributed by atoms with Gasteiger partial charge in [0.1, 0.15) is 12.7 Å². The molecule has 3 atom stereocenters. The molecule has 1 fully saturated rings. The maximum atomic E-state index is 12.9. The summed E-state index contributed by atoms with van der Waals surface area (Å²) in [4.78, 5) is 40.0. The number of nitrogens with zero attached hydrogens (tertiary/aromatic N) is 1. The number of ether oxygens (including phenoxy) is 4. The number of carbonyl (C=O) groups is 3. The van der Waals surface area contributed by atoms with Crippen molar-refractivity contribution in [2.45, 2.75) is 186 Å². The molecule has 9 heteroatoms. The molecule has 1 rings (SSSR count). The van der Waals surface area contributed by atoms with E-state index in [2.05, 4.69) is 62.5 Å². The van der Waals surface area contributed by atoms with Crippen molar-refractivity contribution in [3.8, 4) is 0 Å². The Bertz CT molecular complexity index is 1070. The van der Waals surface area contributed by atoms with Crippen molar-refractivity contribution in [2.24, 2.45) is 0 Å². The highest BCUT2D eigenvalue weighted by molar-refractivity contribution is 8.13. The lowest BCUT2D eigenvalue weighted by molar-refractivity contribution is -0.166. The van der Waals surface area contributed by atoms with E-state index in [1.54, 1.807) is 0 Å². The van der Waals surface area contributed by atoms with E-state index in [0.29, 0.717) is 18.6 Å². The van der Waals surface area contributed by atoms with Gasteiger partial charge in [-0.2, -0.15) is 0 Å². The standard InChI is InChI=1S/C46H79NO7S/c1-5-7-9-11-13-15-17-19-21-23-25-27-29-31-33-35-43(48)53-42-40-51-41(39-52-46(50)55-38-37-47(3)4)45(42)54-44(49)36-34-32-30-28-26-24-22-20-18-16-14-12-10-8-6-2/h13-16,19-22,41-42,45H,5-12,17-18,23-40H2,1-4H3/b15-13-,16-14-,21-19-,22-20-/t41-,42+,45+/m1/s1. The summed E-state index contributed by atoms with van der Waals surface area (Å²) in [7, 11) is 3.90. The van der Waals surface area contributed by atoms with Crippen molar-refractivity contribution in [3.05, 3.63) is 48.6 Å². The van der Waals surface area contributed by atoms with Gasteiger partial charge < -0.3 is 23.8 Å². The van der Waals surface area contributed by atoms with Crippen molar-refractivity contribution >= 4 is 29.0 Å². The normalized spacial score (nSPS) is 17.4. The Morgan fingerprint density at radius 1 is 0.618 bits per heavy atom. The fourth-order valence-corrected chi connectivity index (χ4v) is 6.92. The van der Waals surface area contributed by atoms with E-state index in [1.165, 1.54) is 51.4 Å². The SMILES string of the molecule is CCCCC/C=C\C/C=C\CCCCCCCC(=O)O[C@@H]1[C@@H](OC(=O)CCCCCCC/C=C\C/C=C\CCCCC)CO[C@@H]1COC(=O)SCCN(C)C. The summed E-state index contributed by atoms with van der Waals surface area (Å²) in [6, 6.07) is 0. The third-order valence-corrected chi connectivity index (χ3v) is 10.3. The van der Waals surface area contributed by atoms with Gasteiger partial charge in [0, 0.05) is 25.1 Å². The van der Waals surface area contributed by atoms with Crippen LogP contribution in [-0.2, 0) is 28.5 Å². The van der Waals surface area contributed by atoms with E-state index in [1.807, 2.05) is 19.0 Å². The van der Waals surface area contributed by atoms with Crippen LogP contribution in [0.4, 0.5) is 4.79 Å². The molecule has 0 bridgehead atoms. The highest BCUT2D eigenvalue weighted by Crippen LogP contribution is 2.24. The largest absolute Gasteiger partial charge is 0.456 e. The Balaban J connectivity index is 2.38. The molecular weight excluding hydrogens is 711 g/mol. The Morgan fingerprint density at radius 3 is 1.56 bits per heavy atom. The molecule has 1 aliphatic heterocycles. The van der Waals surface area contributed by atoms with Crippen molar-refractivity contribution in [1.29, 1.82) is 0 Å². The summed E-state index contributed by atoms with van der Waals surface area (Å²) in [6.45, 7) is 5.26.